The first kappa shape index (κ1) is 26.2. The van der Waals surface area contributed by atoms with Crippen LogP contribution in [0.5, 0.6) is 0 Å². The first-order chi connectivity index (χ1) is 16.4. The third-order valence-electron chi connectivity index (χ3n) is 7.14. The Balaban J connectivity index is 1.60. The highest BCUT2D eigenvalue weighted by atomic mass is 16.2. The van der Waals surface area contributed by atoms with Crippen molar-refractivity contribution in [3.05, 3.63) is 29.8 Å². The summed E-state index contributed by atoms with van der Waals surface area (Å²) in [6.45, 7) is 4.78. The van der Waals surface area contributed by atoms with Gasteiger partial charge in [0.05, 0.1) is 6.04 Å². The molecule has 0 radical (unpaired) electrons. The van der Waals surface area contributed by atoms with E-state index < -0.39 is 12.1 Å². The minimum Gasteiger partial charge on any atom is -0.344 e. The molecule has 1 aliphatic carbocycles. The van der Waals surface area contributed by atoms with Crippen LogP contribution < -0.4 is 16.4 Å². The molecule has 1 aromatic carbocycles. The van der Waals surface area contributed by atoms with E-state index in [2.05, 4.69) is 15.5 Å². The average Bonchev–Trinajstić information content (AvgIpc) is 3.14. The van der Waals surface area contributed by atoms with Gasteiger partial charge in [0.15, 0.2) is 0 Å². The van der Waals surface area contributed by atoms with Crippen LogP contribution in [0.1, 0.15) is 57.4 Å². The van der Waals surface area contributed by atoms with E-state index in [1.54, 1.807) is 6.92 Å². The summed E-state index contributed by atoms with van der Waals surface area (Å²) in [5, 5.41) is 5.84. The first-order valence-corrected chi connectivity index (χ1v) is 12.8. The molecule has 0 aromatic heterocycles. The van der Waals surface area contributed by atoms with Crippen LogP contribution in [0.2, 0.25) is 0 Å². The van der Waals surface area contributed by atoms with Crippen molar-refractivity contribution in [3.8, 4) is 0 Å². The summed E-state index contributed by atoms with van der Waals surface area (Å²) in [7, 11) is 2.04. The Kier molecular flexibility index (Phi) is 9.89. The van der Waals surface area contributed by atoms with E-state index in [0.717, 1.165) is 44.3 Å². The number of anilines is 1. The number of nitrogens with one attached hydrogen (secondary N) is 2. The lowest BCUT2D eigenvalue weighted by Gasteiger charge is -2.34. The SMILES string of the molecule is CCC(=O)NC(Cc1ccc(NC(=O)C(N)C2CCCCCC2)cc1)C(=O)N1CCN(C)CC1. The predicted octanol–water partition coefficient (Wildman–Crippen LogP) is 2.13. The lowest BCUT2D eigenvalue weighted by atomic mass is 9.92. The van der Waals surface area contributed by atoms with Crippen LogP contribution in [0.25, 0.3) is 0 Å². The van der Waals surface area contributed by atoms with Crippen molar-refractivity contribution in [2.75, 3.05) is 38.5 Å². The zero-order valence-corrected chi connectivity index (χ0v) is 20.7. The average molecular weight is 472 g/mol. The van der Waals surface area contributed by atoms with Crippen LogP contribution in [-0.2, 0) is 20.8 Å². The van der Waals surface area contributed by atoms with Gasteiger partial charge in [-0.05, 0) is 43.5 Å². The fraction of sp³-hybridized carbons (Fsp3) is 0.654. The van der Waals surface area contributed by atoms with E-state index >= 15 is 0 Å². The van der Waals surface area contributed by atoms with Crippen molar-refractivity contribution in [3.63, 3.8) is 0 Å². The van der Waals surface area contributed by atoms with E-state index in [0.29, 0.717) is 31.6 Å². The summed E-state index contributed by atoms with van der Waals surface area (Å²) in [5.74, 6) is -0.0752. The van der Waals surface area contributed by atoms with Gasteiger partial charge in [0.25, 0.3) is 0 Å². The molecular formula is C26H41N5O3. The molecule has 0 bridgehead atoms. The second-order valence-electron chi connectivity index (χ2n) is 9.77. The summed E-state index contributed by atoms with van der Waals surface area (Å²) in [4.78, 5) is 42.0. The molecule has 3 rings (SSSR count). The molecule has 2 aliphatic rings. The first-order valence-electron chi connectivity index (χ1n) is 12.8. The predicted molar refractivity (Wildman–Crippen MR) is 134 cm³/mol. The molecule has 188 valence electrons. The van der Waals surface area contributed by atoms with Crippen LogP contribution in [-0.4, -0.2) is 72.8 Å². The van der Waals surface area contributed by atoms with Crippen molar-refractivity contribution in [2.24, 2.45) is 11.7 Å². The standard InChI is InChI=1S/C26H41N5O3/c1-3-23(32)29-22(26(34)31-16-14-30(2)15-17-31)18-19-10-12-21(13-11-19)28-25(33)24(27)20-8-6-4-5-7-9-20/h10-13,20,22,24H,3-9,14-18,27H2,1-2H3,(H,28,33)(H,29,32). The number of hydrogen-bond donors (Lipinski definition) is 3. The summed E-state index contributed by atoms with van der Waals surface area (Å²) < 4.78 is 0. The highest BCUT2D eigenvalue weighted by Crippen LogP contribution is 2.25. The molecule has 8 heteroatoms. The van der Waals surface area contributed by atoms with Gasteiger partial charge >= 0.3 is 0 Å². The van der Waals surface area contributed by atoms with Gasteiger partial charge in [-0.2, -0.15) is 0 Å². The van der Waals surface area contributed by atoms with Crippen molar-refractivity contribution in [1.82, 2.24) is 15.1 Å². The van der Waals surface area contributed by atoms with E-state index in [1.165, 1.54) is 12.8 Å². The molecule has 2 atom stereocenters. The maximum atomic E-state index is 13.1. The van der Waals surface area contributed by atoms with Gasteiger partial charge in [-0.15, -0.1) is 0 Å². The van der Waals surface area contributed by atoms with E-state index in [-0.39, 0.29) is 23.6 Å². The van der Waals surface area contributed by atoms with Crippen molar-refractivity contribution >= 4 is 23.4 Å². The maximum Gasteiger partial charge on any atom is 0.245 e. The van der Waals surface area contributed by atoms with Gasteiger partial charge in [-0.25, -0.2) is 0 Å². The summed E-state index contributed by atoms with van der Waals surface area (Å²) in [6.07, 6.45) is 7.50. The Morgan fingerprint density at radius 1 is 1.00 bits per heavy atom. The Hall–Kier alpha value is -2.45. The molecule has 1 saturated carbocycles. The van der Waals surface area contributed by atoms with Crippen LogP contribution in [0, 0.1) is 5.92 Å². The zero-order valence-electron chi connectivity index (χ0n) is 20.7. The highest BCUT2D eigenvalue weighted by molar-refractivity contribution is 5.95. The number of rotatable bonds is 8. The van der Waals surface area contributed by atoms with Crippen LogP contribution in [0.15, 0.2) is 24.3 Å². The number of carbonyl (C=O) groups excluding carboxylic acids is 3. The third-order valence-corrected chi connectivity index (χ3v) is 7.14. The maximum absolute atomic E-state index is 13.1. The van der Waals surface area contributed by atoms with Crippen molar-refractivity contribution in [1.29, 1.82) is 0 Å². The van der Waals surface area contributed by atoms with Crippen LogP contribution in [0.3, 0.4) is 0 Å². The van der Waals surface area contributed by atoms with Gasteiger partial charge in [-0.3, -0.25) is 14.4 Å². The third kappa shape index (κ3) is 7.53. The Labute approximate surface area is 203 Å². The molecule has 1 aliphatic heterocycles. The van der Waals surface area contributed by atoms with Gasteiger partial charge in [-0.1, -0.05) is 44.7 Å². The second-order valence-corrected chi connectivity index (χ2v) is 9.77. The number of piperazine rings is 1. The number of amides is 3. The Morgan fingerprint density at radius 3 is 2.21 bits per heavy atom. The number of nitrogens with zero attached hydrogens (tertiary/aromatic N) is 2. The molecule has 2 fully saturated rings. The number of likely N-dealkylation sites (N-methyl/N-ethyl adjacent to an activating group) is 1. The normalized spacial score (nSPS) is 19.7. The molecule has 2 unspecified atom stereocenters. The smallest absolute Gasteiger partial charge is 0.245 e. The lowest BCUT2D eigenvalue weighted by Crippen LogP contribution is -2.54. The minimum absolute atomic E-state index is 0.0401. The topological polar surface area (TPSA) is 108 Å². The number of hydrogen-bond acceptors (Lipinski definition) is 5. The van der Waals surface area contributed by atoms with Gasteiger partial charge < -0.3 is 26.2 Å². The minimum atomic E-state index is -0.597. The molecule has 1 saturated heterocycles. The van der Waals surface area contributed by atoms with Gasteiger partial charge in [0.1, 0.15) is 6.04 Å². The highest BCUT2D eigenvalue weighted by Gasteiger charge is 2.28. The molecule has 1 aromatic rings. The number of carbonyl (C=O) groups is 3. The molecule has 0 spiro atoms. The van der Waals surface area contributed by atoms with Crippen LogP contribution in [0.4, 0.5) is 5.69 Å². The number of benzene rings is 1. The lowest BCUT2D eigenvalue weighted by molar-refractivity contribution is -0.137. The second kappa shape index (κ2) is 12.9. The molecular weight excluding hydrogens is 430 g/mol. The van der Waals surface area contributed by atoms with Crippen molar-refractivity contribution in [2.45, 2.75) is 70.4 Å². The number of nitrogens with two attached hydrogens (primary N) is 1. The van der Waals surface area contributed by atoms with Crippen molar-refractivity contribution < 1.29 is 14.4 Å². The van der Waals surface area contributed by atoms with Gasteiger partial charge in [0, 0.05) is 44.7 Å². The van der Waals surface area contributed by atoms with E-state index in [1.807, 2.05) is 36.2 Å². The summed E-state index contributed by atoms with van der Waals surface area (Å²) >= 11 is 0. The monoisotopic (exact) mass is 471 g/mol. The zero-order chi connectivity index (χ0) is 24.5. The van der Waals surface area contributed by atoms with E-state index in [4.69, 9.17) is 5.73 Å². The summed E-state index contributed by atoms with van der Waals surface area (Å²) in [5.41, 5.74) is 7.90. The summed E-state index contributed by atoms with van der Waals surface area (Å²) in [6, 6.07) is 6.38. The van der Waals surface area contributed by atoms with Gasteiger partial charge in [0.2, 0.25) is 17.7 Å². The Morgan fingerprint density at radius 2 is 1.62 bits per heavy atom. The molecule has 1 heterocycles. The molecule has 8 nitrogen and oxygen atoms in total. The quantitative estimate of drug-likeness (QED) is 0.504. The largest absolute Gasteiger partial charge is 0.344 e. The van der Waals surface area contributed by atoms with Crippen LogP contribution >= 0.6 is 0 Å². The molecule has 34 heavy (non-hydrogen) atoms. The Bertz CT molecular complexity index is 812. The fourth-order valence-electron chi connectivity index (χ4n) is 4.81. The molecule has 3 amide bonds. The molecule has 4 N–H and O–H groups in total. The fourth-order valence-corrected chi connectivity index (χ4v) is 4.81. The van der Waals surface area contributed by atoms with E-state index in [9.17, 15) is 14.4 Å².